The number of benzene rings is 1. The summed E-state index contributed by atoms with van der Waals surface area (Å²) in [5.41, 5.74) is 1.13. The standard InChI is InChI=1S/C24H37BI/c1-8-9-11-16-24(26)25(21(6)19(2)3,22(7)20(4)5)18-17-23-14-12-10-13-15-23/h10,12-16,19-22H,8-9,11H2,1-7H3/q-1/b24-16-. The van der Waals surface area contributed by atoms with E-state index in [4.69, 9.17) is 0 Å². The first kappa shape index (κ1) is 23.4. The molecule has 1 aromatic rings. The molecule has 26 heavy (non-hydrogen) atoms. The maximum atomic E-state index is 3.88. The molecule has 0 N–H and O–H groups in total. The van der Waals surface area contributed by atoms with Crippen molar-refractivity contribution in [3.05, 3.63) is 45.5 Å². The van der Waals surface area contributed by atoms with E-state index in [2.05, 4.69) is 119 Å². The molecule has 0 saturated carbocycles. The van der Waals surface area contributed by atoms with Crippen molar-refractivity contribution in [3.8, 4) is 11.7 Å². The van der Waals surface area contributed by atoms with Crippen molar-refractivity contribution in [2.75, 3.05) is 0 Å². The molecule has 0 saturated heterocycles. The van der Waals surface area contributed by atoms with E-state index in [0.29, 0.717) is 23.5 Å². The third-order valence-electron chi connectivity index (χ3n) is 6.34. The van der Waals surface area contributed by atoms with Gasteiger partial charge in [0, 0.05) is 5.56 Å². The highest BCUT2D eigenvalue weighted by Gasteiger charge is 2.38. The van der Waals surface area contributed by atoms with Crippen LogP contribution in [0.4, 0.5) is 0 Å². The highest BCUT2D eigenvalue weighted by atomic mass is 127. The molecule has 2 atom stereocenters. The van der Waals surface area contributed by atoms with Gasteiger partial charge in [0.2, 0.25) is 0 Å². The lowest BCUT2D eigenvalue weighted by Gasteiger charge is -2.50. The molecule has 1 rings (SSSR count). The fourth-order valence-electron chi connectivity index (χ4n) is 3.89. The summed E-state index contributed by atoms with van der Waals surface area (Å²) < 4.78 is 1.50. The number of unbranched alkanes of at least 4 members (excludes halogenated alkanes) is 2. The molecule has 0 amide bonds. The molecular weight excluding hydrogens is 426 g/mol. The van der Waals surface area contributed by atoms with Crippen LogP contribution in [0, 0.1) is 23.6 Å². The fraction of sp³-hybridized carbons (Fsp3) is 0.583. The zero-order chi connectivity index (χ0) is 19.7. The van der Waals surface area contributed by atoms with E-state index in [9.17, 15) is 0 Å². The lowest BCUT2D eigenvalue weighted by atomic mass is 9.12. The van der Waals surface area contributed by atoms with Crippen molar-refractivity contribution in [2.45, 2.75) is 79.4 Å². The molecule has 0 fully saturated rings. The lowest BCUT2D eigenvalue weighted by Crippen LogP contribution is -2.46. The summed E-state index contributed by atoms with van der Waals surface area (Å²) in [6.45, 7) is 16.5. The zero-order valence-electron chi connectivity index (χ0n) is 17.9. The molecule has 0 aliphatic heterocycles. The Hall–Kier alpha value is -0.685. The highest BCUT2D eigenvalue weighted by molar-refractivity contribution is 14.1. The van der Waals surface area contributed by atoms with Gasteiger partial charge < -0.3 is 5.82 Å². The van der Waals surface area contributed by atoms with Crippen molar-refractivity contribution in [1.82, 2.24) is 0 Å². The molecule has 2 unspecified atom stereocenters. The van der Waals surface area contributed by atoms with Gasteiger partial charge >= 0.3 is 0 Å². The maximum absolute atomic E-state index is 3.88. The number of hydrogen-bond acceptors (Lipinski definition) is 0. The molecule has 0 nitrogen and oxygen atoms in total. The second-order valence-electron chi connectivity index (χ2n) is 8.58. The van der Waals surface area contributed by atoms with Gasteiger partial charge in [-0.3, -0.25) is 0 Å². The molecule has 0 radical (unpaired) electrons. The largest absolute Gasteiger partial charge is 0.303 e. The van der Waals surface area contributed by atoms with Gasteiger partial charge in [-0.05, 0) is 18.6 Å². The first-order valence-electron chi connectivity index (χ1n) is 10.4. The van der Waals surface area contributed by atoms with E-state index >= 15 is 0 Å². The van der Waals surface area contributed by atoms with E-state index in [-0.39, 0.29) is 0 Å². The molecule has 0 spiro atoms. The minimum absolute atomic E-state index is 0.563. The van der Waals surface area contributed by atoms with E-state index < -0.39 is 6.15 Å². The molecule has 0 bridgehead atoms. The zero-order valence-corrected chi connectivity index (χ0v) is 20.0. The number of hydrogen-bond donors (Lipinski definition) is 0. The Balaban J connectivity index is 3.53. The highest BCUT2D eigenvalue weighted by Crippen LogP contribution is 2.47. The molecule has 0 aliphatic rings. The van der Waals surface area contributed by atoms with Crippen LogP contribution in [0.25, 0.3) is 0 Å². The van der Waals surface area contributed by atoms with Gasteiger partial charge in [-0.25, -0.2) is 0 Å². The minimum Gasteiger partial charge on any atom is -0.303 e. The molecule has 1 aromatic carbocycles. The minimum atomic E-state index is -0.940. The molecular formula is C24H37BI-. The van der Waals surface area contributed by atoms with Crippen LogP contribution in [-0.2, 0) is 0 Å². The van der Waals surface area contributed by atoms with Crippen molar-refractivity contribution in [2.24, 2.45) is 11.8 Å². The summed E-state index contributed by atoms with van der Waals surface area (Å²) >= 11 is 2.62. The monoisotopic (exact) mass is 463 g/mol. The first-order chi connectivity index (χ1) is 12.3. The summed E-state index contributed by atoms with van der Waals surface area (Å²) in [7, 11) is 0. The first-order valence-corrected chi connectivity index (χ1v) is 11.5. The smallest absolute Gasteiger partial charge is 0.110 e. The average molecular weight is 463 g/mol. The van der Waals surface area contributed by atoms with Gasteiger partial charge in [-0.1, -0.05) is 114 Å². The summed E-state index contributed by atoms with van der Waals surface area (Å²) in [4.78, 5) is 0. The van der Waals surface area contributed by atoms with Crippen LogP contribution in [0.5, 0.6) is 0 Å². The summed E-state index contributed by atoms with van der Waals surface area (Å²) in [5.74, 6) is 9.80. The third-order valence-corrected chi connectivity index (χ3v) is 7.82. The Labute approximate surface area is 176 Å². The molecule has 144 valence electrons. The summed E-state index contributed by atoms with van der Waals surface area (Å²) in [5, 5.41) is 0. The van der Waals surface area contributed by atoms with Gasteiger partial charge in [0.05, 0.1) is 0 Å². The van der Waals surface area contributed by atoms with Crippen molar-refractivity contribution in [3.63, 3.8) is 0 Å². The van der Waals surface area contributed by atoms with Gasteiger partial charge in [0.15, 0.2) is 0 Å². The van der Waals surface area contributed by atoms with Gasteiger partial charge in [-0.2, -0.15) is 15.1 Å². The van der Waals surface area contributed by atoms with Crippen molar-refractivity contribution < 1.29 is 0 Å². The number of allylic oxidation sites excluding steroid dienone is 1. The average Bonchev–Trinajstić information content (AvgIpc) is 2.62. The lowest BCUT2D eigenvalue weighted by molar-refractivity contribution is 0.558. The quantitative estimate of drug-likeness (QED) is 0.158. The van der Waals surface area contributed by atoms with Gasteiger partial charge in [-0.15, -0.1) is 12.0 Å². The Morgan fingerprint density at radius 1 is 1.00 bits per heavy atom. The van der Waals surface area contributed by atoms with Crippen LogP contribution in [0.15, 0.2) is 39.9 Å². The van der Waals surface area contributed by atoms with E-state index in [1.54, 1.807) is 0 Å². The third kappa shape index (κ3) is 5.91. The van der Waals surface area contributed by atoms with E-state index in [1.165, 1.54) is 22.7 Å². The predicted molar refractivity (Wildman–Crippen MR) is 129 cm³/mol. The van der Waals surface area contributed by atoms with Crippen LogP contribution in [-0.4, -0.2) is 6.15 Å². The molecule has 0 heterocycles. The number of rotatable bonds is 8. The van der Waals surface area contributed by atoms with Crippen molar-refractivity contribution >= 4 is 28.7 Å². The van der Waals surface area contributed by atoms with Gasteiger partial charge in [0.1, 0.15) is 6.15 Å². The Morgan fingerprint density at radius 2 is 1.54 bits per heavy atom. The Morgan fingerprint density at radius 3 is 2.00 bits per heavy atom. The van der Waals surface area contributed by atoms with Crippen molar-refractivity contribution in [1.29, 1.82) is 0 Å². The summed E-state index contributed by atoms with van der Waals surface area (Å²) in [6, 6.07) is 10.5. The van der Waals surface area contributed by atoms with Crippen LogP contribution in [0.2, 0.25) is 11.6 Å². The second kappa shape index (κ2) is 11.2. The number of halogens is 1. The Kier molecular flexibility index (Phi) is 10.1. The topological polar surface area (TPSA) is 0 Å². The fourth-order valence-corrected chi connectivity index (χ4v) is 5.49. The molecule has 2 heteroatoms. The SMILES string of the molecule is CCCC/C=C(\I)[B-](C#Cc1ccccc1)(C(C)C(C)C)C(C)C(C)C. The van der Waals surface area contributed by atoms with Crippen LogP contribution in [0.3, 0.4) is 0 Å². The van der Waals surface area contributed by atoms with Crippen LogP contribution >= 0.6 is 22.6 Å². The predicted octanol–water partition coefficient (Wildman–Crippen LogP) is 8.17. The van der Waals surface area contributed by atoms with Gasteiger partial charge in [0.25, 0.3) is 0 Å². The normalized spacial score (nSPS) is 16.8. The van der Waals surface area contributed by atoms with E-state index in [0.717, 1.165) is 5.56 Å². The van der Waals surface area contributed by atoms with Crippen LogP contribution < -0.4 is 0 Å². The van der Waals surface area contributed by atoms with E-state index in [1.807, 2.05) is 0 Å². The second-order valence-corrected chi connectivity index (χ2v) is 9.82. The summed E-state index contributed by atoms with van der Waals surface area (Å²) in [6.07, 6.45) is 5.22. The molecule has 0 aromatic heterocycles. The molecule has 0 aliphatic carbocycles. The van der Waals surface area contributed by atoms with Crippen LogP contribution in [0.1, 0.15) is 73.3 Å². The Bertz CT molecular complexity index is 605. The maximum Gasteiger partial charge on any atom is 0.110 e.